The van der Waals surface area contributed by atoms with Crippen LogP contribution in [0.2, 0.25) is 0 Å². The van der Waals surface area contributed by atoms with Crippen LogP contribution in [0.4, 0.5) is 18.9 Å². The molecule has 0 atom stereocenters. The Hall–Kier alpha value is -2.18. The highest BCUT2D eigenvalue weighted by Gasteiger charge is 2.10. The Balaban J connectivity index is 2.00. The van der Waals surface area contributed by atoms with Crippen molar-refractivity contribution in [2.45, 2.75) is 33.0 Å². The number of rotatable bonds is 7. The van der Waals surface area contributed by atoms with E-state index < -0.39 is 18.2 Å². The Labute approximate surface area is 120 Å². The number of nitrogens with zero attached hydrogens (tertiary/aromatic N) is 2. The van der Waals surface area contributed by atoms with E-state index in [9.17, 15) is 13.2 Å². The molecule has 0 amide bonds. The first-order valence-electron chi connectivity index (χ1n) is 6.59. The average molecular weight is 299 g/mol. The van der Waals surface area contributed by atoms with Crippen molar-refractivity contribution in [3.8, 4) is 5.75 Å². The van der Waals surface area contributed by atoms with E-state index in [0.717, 1.165) is 24.7 Å². The first-order valence-corrected chi connectivity index (χ1v) is 6.59. The van der Waals surface area contributed by atoms with Crippen LogP contribution in [0.1, 0.15) is 19.0 Å². The van der Waals surface area contributed by atoms with Gasteiger partial charge in [-0.3, -0.25) is 4.68 Å². The van der Waals surface area contributed by atoms with E-state index >= 15 is 0 Å². The summed E-state index contributed by atoms with van der Waals surface area (Å²) in [5.41, 5.74) is 1.45. The zero-order chi connectivity index (χ0) is 15.2. The summed E-state index contributed by atoms with van der Waals surface area (Å²) in [7, 11) is 0. The highest BCUT2D eigenvalue weighted by molar-refractivity contribution is 5.47. The average Bonchev–Trinajstić information content (AvgIpc) is 2.87. The fourth-order valence-corrected chi connectivity index (χ4v) is 1.92. The molecule has 2 aromatic rings. The van der Waals surface area contributed by atoms with Crippen molar-refractivity contribution < 1.29 is 17.9 Å². The van der Waals surface area contributed by atoms with Crippen LogP contribution in [0, 0.1) is 5.82 Å². The third kappa shape index (κ3) is 4.14. The van der Waals surface area contributed by atoms with Crippen molar-refractivity contribution in [1.82, 2.24) is 9.78 Å². The number of hydrogen-bond donors (Lipinski definition) is 1. The number of benzene rings is 1. The number of anilines is 1. The molecular formula is C14H16F3N3O. The zero-order valence-corrected chi connectivity index (χ0v) is 11.5. The van der Waals surface area contributed by atoms with E-state index in [1.54, 1.807) is 6.20 Å². The van der Waals surface area contributed by atoms with Crippen LogP contribution in [0.3, 0.4) is 0 Å². The molecule has 0 bridgehead atoms. The quantitative estimate of drug-likeness (QED) is 0.848. The predicted octanol–water partition coefficient (Wildman–Crippen LogP) is 3.65. The van der Waals surface area contributed by atoms with Gasteiger partial charge in [0, 0.05) is 24.5 Å². The lowest BCUT2D eigenvalue weighted by Crippen LogP contribution is -2.09. The molecule has 1 aromatic carbocycles. The first kappa shape index (κ1) is 15.2. The third-order valence-electron chi connectivity index (χ3n) is 2.86. The van der Waals surface area contributed by atoms with Crippen molar-refractivity contribution in [3.05, 3.63) is 42.0 Å². The molecule has 0 spiro atoms. The maximum absolute atomic E-state index is 13.6. The van der Waals surface area contributed by atoms with Gasteiger partial charge in [0.15, 0.2) is 11.6 Å². The Bertz CT molecular complexity index is 587. The molecule has 0 aliphatic carbocycles. The molecule has 0 radical (unpaired) electrons. The van der Waals surface area contributed by atoms with Crippen LogP contribution < -0.4 is 10.1 Å². The highest BCUT2D eigenvalue weighted by Crippen LogP contribution is 2.23. The molecule has 0 aliphatic rings. The third-order valence-corrected chi connectivity index (χ3v) is 2.86. The van der Waals surface area contributed by atoms with E-state index in [1.807, 2.05) is 10.7 Å². The molecule has 0 unspecified atom stereocenters. The Morgan fingerprint density at radius 2 is 2.14 bits per heavy atom. The maximum Gasteiger partial charge on any atom is 0.387 e. The lowest BCUT2D eigenvalue weighted by molar-refractivity contribution is -0.0521. The van der Waals surface area contributed by atoms with Crippen LogP contribution in [0.15, 0.2) is 30.5 Å². The van der Waals surface area contributed by atoms with Gasteiger partial charge in [-0.05, 0) is 24.6 Å². The minimum absolute atomic E-state index is 0.466. The second kappa shape index (κ2) is 7.01. The molecular weight excluding hydrogens is 283 g/mol. The summed E-state index contributed by atoms with van der Waals surface area (Å²) in [6, 6.07) is 5.65. The van der Waals surface area contributed by atoms with Crippen LogP contribution >= 0.6 is 0 Å². The number of aromatic nitrogens is 2. The van der Waals surface area contributed by atoms with E-state index in [2.05, 4.69) is 22.1 Å². The monoisotopic (exact) mass is 299 g/mol. The van der Waals surface area contributed by atoms with Crippen molar-refractivity contribution in [1.29, 1.82) is 0 Å². The second-order valence-electron chi connectivity index (χ2n) is 4.42. The smallest absolute Gasteiger partial charge is 0.387 e. The Kier molecular flexibility index (Phi) is 5.08. The fourth-order valence-electron chi connectivity index (χ4n) is 1.92. The lowest BCUT2D eigenvalue weighted by atomic mass is 10.2. The first-order chi connectivity index (χ1) is 10.1. The van der Waals surface area contributed by atoms with Gasteiger partial charge in [-0.15, -0.1) is 0 Å². The maximum atomic E-state index is 13.6. The summed E-state index contributed by atoms with van der Waals surface area (Å²) in [5, 5.41) is 7.21. The summed E-state index contributed by atoms with van der Waals surface area (Å²) >= 11 is 0. The van der Waals surface area contributed by atoms with Gasteiger partial charge >= 0.3 is 6.61 Å². The summed E-state index contributed by atoms with van der Waals surface area (Å²) in [5.74, 6) is -1.30. The van der Waals surface area contributed by atoms with Gasteiger partial charge in [0.25, 0.3) is 0 Å². The molecule has 1 N–H and O–H groups in total. The van der Waals surface area contributed by atoms with Crippen molar-refractivity contribution in [2.75, 3.05) is 5.32 Å². The van der Waals surface area contributed by atoms with Crippen molar-refractivity contribution in [2.24, 2.45) is 0 Å². The summed E-state index contributed by atoms with van der Waals surface area (Å²) in [6.45, 7) is 0.283. The van der Waals surface area contributed by atoms with Gasteiger partial charge in [0.2, 0.25) is 0 Å². The molecule has 1 heterocycles. The van der Waals surface area contributed by atoms with Crippen LogP contribution in [-0.2, 0) is 13.1 Å². The molecule has 0 aliphatic heterocycles. The minimum atomic E-state index is -3.04. The second-order valence-corrected chi connectivity index (χ2v) is 4.42. The highest BCUT2D eigenvalue weighted by atomic mass is 19.3. The van der Waals surface area contributed by atoms with Crippen LogP contribution in [0.25, 0.3) is 0 Å². The Morgan fingerprint density at radius 3 is 2.81 bits per heavy atom. The predicted molar refractivity (Wildman–Crippen MR) is 72.9 cm³/mol. The standard InChI is InChI=1S/C14H16F3N3O/c1-2-7-20-11(5-6-19-20)9-18-10-3-4-13(12(15)8-10)21-14(16)17/h3-6,8,14,18H,2,7,9H2,1H3. The summed E-state index contributed by atoms with van der Waals surface area (Å²) in [6.07, 6.45) is 2.66. The van der Waals surface area contributed by atoms with Gasteiger partial charge in [0.05, 0.1) is 12.2 Å². The van der Waals surface area contributed by atoms with Gasteiger partial charge in [-0.1, -0.05) is 6.92 Å². The molecule has 7 heteroatoms. The summed E-state index contributed by atoms with van der Waals surface area (Å²) < 4.78 is 43.5. The van der Waals surface area contributed by atoms with Gasteiger partial charge in [-0.25, -0.2) is 4.39 Å². The zero-order valence-electron chi connectivity index (χ0n) is 11.5. The van der Waals surface area contributed by atoms with Gasteiger partial charge in [-0.2, -0.15) is 13.9 Å². The molecule has 1 aromatic heterocycles. The van der Waals surface area contributed by atoms with Crippen LogP contribution in [0.5, 0.6) is 5.75 Å². The van der Waals surface area contributed by atoms with Gasteiger partial charge in [0.1, 0.15) is 0 Å². The normalized spacial score (nSPS) is 10.9. The number of nitrogens with one attached hydrogen (secondary N) is 1. The van der Waals surface area contributed by atoms with Crippen molar-refractivity contribution in [3.63, 3.8) is 0 Å². The molecule has 0 fully saturated rings. The molecule has 0 saturated carbocycles. The minimum Gasteiger partial charge on any atom is -0.432 e. The Morgan fingerprint density at radius 1 is 1.33 bits per heavy atom. The molecule has 4 nitrogen and oxygen atoms in total. The van der Waals surface area contributed by atoms with E-state index in [1.165, 1.54) is 12.1 Å². The van der Waals surface area contributed by atoms with Crippen molar-refractivity contribution >= 4 is 5.69 Å². The number of halogens is 3. The van der Waals surface area contributed by atoms with E-state index in [-0.39, 0.29) is 0 Å². The topological polar surface area (TPSA) is 39.1 Å². The molecule has 2 rings (SSSR count). The van der Waals surface area contributed by atoms with E-state index in [4.69, 9.17) is 0 Å². The fraction of sp³-hybridized carbons (Fsp3) is 0.357. The number of hydrogen-bond acceptors (Lipinski definition) is 3. The SMILES string of the molecule is CCCn1nccc1CNc1ccc(OC(F)F)c(F)c1. The number of ether oxygens (including phenoxy) is 1. The summed E-state index contributed by atoms with van der Waals surface area (Å²) in [4.78, 5) is 0. The largest absolute Gasteiger partial charge is 0.432 e. The molecule has 114 valence electrons. The van der Waals surface area contributed by atoms with Crippen LogP contribution in [-0.4, -0.2) is 16.4 Å². The molecule has 21 heavy (non-hydrogen) atoms. The lowest BCUT2D eigenvalue weighted by Gasteiger charge is -2.10. The number of alkyl halides is 2. The van der Waals surface area contributed by atoms with E-state index in [0.29, 0.717) is 12.2 Å². The molecule has 0 saturated heterocycles. The van der Waals surface area contributed by atoms with Gasteiger partial charge < -0.3 is 10.1 Å². The number of aryl methyl sites for hydroxylation is 1.